The molecule has 1 aliphatic carbocycles. The Balaban J connectivity index is 1.84. The van der Waals surface area contributed by atoms with Gasteiger partial charge in [-0.1, -0.05) is 57.0 Å². The zero-order valence-corrected chi connectivity index (χ0v) is 15.8. The van der Waals surface area contributed by atoms with E-state index >= 15 is 0 Å². The quantitative estimate of drug-likeness (QED) is 0.404. The molecule has 1 amide bonds. The highest BCUT2D eigenvalue weighted by Crippen LogP contribution is 2.40. The van der Waals surface area contributed by atoms with Crippen molar-refractivity contribution in [3.63, 3.8) is 0 Å². The number of nitrogens with one attached hydrogen (secondary N) is 3. The van der Waals surface area contributed by atoms with Crippen LogP contribution >= 0.6 is 0 Å². The van der Waals surface area contributed by atoms with Crippen LogP contribution in [0, 0.1) is 5.92 Å². The summed E-state index contributed by atoms with van der Waals surface area (Å²) in [5.41, 5.74) is 1.62. The van der Waals surface area contributed by atoms with Crippen molar-refractivity contribution >= 4 is 11.9 Å². The van der Waals surface area contributed by atoms with Crippen LogP contribution in [0.4, 0.5) is 0 Å². The molecule has 1 aromatic carbocycles. The van der Waals surface area contributed by atoms with Crippen molar-refractivity contribution in [2.24, 2.45) is 10.9 Å². The number of hydrogen-bond donors (Lipinski definition) is 3. The highest BCUT2D eigenvalue weighted by atomic mass is 16.1. The highest BCUT2D eigenvalue weighted by Gasteiger charge is 2.35. The number of carbonyl (C=O) groups excluding carboxylic acids is 1. The first-order valence-corrected chi connectivity index (χ1v) is 9.35. The van der Waals surface area contributed by atoms with Gasteiger partial charge in [-0.05, 0) is 18.4 Å². The van der Waals surface area contributed by atoms with Crippen LogP contribution in [0.25, 0.3) is 0 Å². The van der Waals surface area contributed by atoms with Crippen LogP contribution in [0.2, 0.25) is 0 Å². The van der Waals surface area contributed by atoms with Crippen LogP contribution in [0.15, 0.2) is 35.3 Å². The molecule has 1 fully saturated rings. The molecule has 3 N–H and O–H groups in total. The SMILES string of the molecule is CN=C(NCCNC(=O)C(C)C)NCC1(c2ccccc2)CCCC1. The van der Waals surface area contributed by atoms with Gasteiger partial charge in [-0.2, -0.15) is 0 Å². The first-order valence-electron chi connectivity index (χ1n) is 9.35. The fourth-order valence-corrected chi connectivity index (χ4v) is 3.46. The van der Waals surface area contributed by atoms with Crippen LogP contribution in [-0.4, -0.2) is 38.5 Å². The third kappa shape index (κ3) is 5.48. The lowest BCUT2D eigenvalue weighted by molar-refractivity contribution is -0.123. The van der Waals surface area contributed by atoms with Crippen molar-refractivity contribution in [2.45, 2.75) is 44.9 Å². The van der Waals surface area contributed by atoms with Crippen LogP contribution < -0.4 is 16.0 Å². The molecule has 0 bridgehead atoms. The van der Waals surface area contributed by atoms with Gasteiger partial charge in [0.05, 0.1) is 0 Å². The summed E-state index contributed by atoms with van der Waals surface area (Å²) in [6.45, 7) is 5.94. The molecule has 0 aromatic heterocycles. The second-order valence-electron chi connectivity index (χ2n) is 7.15. The summed E-state index contributed by atoms with van der Waals surface area (Å²) in [4.78, 5) is 15.9. The van der Waals surface area contributed by atoms with E-state index in [0.717, 1.165) is 12.5 Å². The molecule has 0 radical (unpaired) electrons. The molecular formula is C20H32N4O. The van der Waals surface area contributed by atoms with Crippen molar-refractivity contribution in [3.8, 4) is 0 Å². The summed E-state index contributed by atoms with van der Waals surface area (Å²) in [5.74, 6) is 0.894. The molecule has 0 unspecified atom stereocenters. The summed E-state index contributed by atoms with van der Waals surface area (Å²) in [7, 11) is 1.78. The lowest BCUT2D eigenvalue weighted by atomic mass is 9.79. The summed E-state index contributed by atoms with van der Waals surface area (Å²) < 4.78 is 0. The Morgan fingerprint density at radius 3 is 2.32 bits per heavy atom. The Kier molecular flexibility index (Phi) is 7.29. The van der Waals surface area contributed by atoms with Gasteiger partial charge in [0.1, 0.15) is 0 Å². The second-order valence-corrected chi connectivity index (χ2v) is 7.15. The monoisotopic (exact) mass is 344 g/mol. The highest BCUT2D eigenvalue weighted by molar-refractivity contribution is 5.80. The maximum absolute atomic E-state index is 11.6. The standard InChI is InChI=1S/C20H32N4O/c1-16(2)18(25)22-13-14-23-19(21-3)24-15-20(11-7-8-12-20)17-9-5-4-6-10-17/h4-6,9-10,16H,7-8,11-15H2,1-3H3,(H,22,25)(H2,21,23,24). The fraction of sp³-hybridized carbons (Fsp3) is 0.600. The zero-order valence-electron chi connectivity index (χ0n) is 15.8. The van der Waals surface area contributed by atoms with Crippen LogP contribution in [-0.2, 0) is 10.2 Å². The van der Waals surface area contributed by atoms with E-state index in [1.54, 1.807) is 7.05 Å². The van der Waals surface area contributed by atoms with Gasteiger partial charge < -0.3 is 16.0 Å². The van der Waals surface area contributed by atoms with E-state index in [2.05, 4.69) is 51.3 Å². The van der Waals surface area contributed by atoms with E-state index in [0.29, 0.717) is 13.1 Å². The maximum Gasteiger partial charge on any atom is 0.222 e. The molecule has 0 saturated heterocycles. The third-order valence-electron chi connectivity index (χ3n) is 5.01. The second kappa shape index (κ2) is 9.44. The van der Waals surface area contributed by atoms with Crippen molar-refractivity contribution < 1.29 is 4.79 Å². The number of nitrogens with zero attached hydrogens (tertiary/aromatic N) is 1. The Morgan fingerprint density at radius 2 is 1.72 bits per heavy atom. The third-order valence-corrected chi connectivity index (χ3v) is 5.01. The van der Waals surface area contributed by atoms with Crippen LogP contribution in [0.1, 0.15) is 45.1 Å². The lowest BCUT2D eigenvalue weighted by Gasteiger charge is -2.30. The number of carbonyl (C=O) groups is 1. The van der Waals surface area contributed by atoms with Gasteiger partial charge in [0.15, 0.2) is 5.96 Å². The van der Waals surface area contributed by atoms with Gasteiger partial charge in [0.2, 0.25) is 5.91 Å². The van der Waals surface area contributed by atoms with E-state index in [4.69, 9.17) is 0 Å². The van der Waals surface area contributed by atoms with Crippen molar-refractivity contribution in [1.29, 1.82) is 0 Å². The summed E-state index contributed by atoms with van der Waals surface area (Å²) in [6.07, 6.45) is 4.99. The Labute approximate surface area is 151 Å². The number of guanidine groups is 1. The molecule has 138 valence electrons. The largest absolute Gasteiger partial charge is 0.356 e. The molecule has 5 nitrogen and oxygen atoms in total. The van der Waals surface area contributed by atoms with Gasteiger partial charge in [-0.25, -0.2) is 0 Å². The Morgan fingerprint density at radius 1 is 1.08 bits per heavy atom. The summed E-state index contributed by atoms with van der Waals surface area (Å²) in [6, 6.07) is 10.8. The maximum atomic E-state index is 11.6. The first kappa shape index (κ1) is 19.3. The molecule has 0 aliphatic heterocycles. The fourth-order valence-electron chi connectivity index (χ4n) is 3.46. The first-order chi connectivity index (χ1) is 12.1. The minimum Gasteiger partial charge on any atom is -0.356 e. The molecule has 0 atom stereocenters. The molecule has 5 heteroatoms. The summed E-state index contributed by atoms with van der Waals surface area (Å²) in [5, 5.41) is 9.68. The van der Waals surface area contributed by atoms with Crippen molar-refractivity contribution in [3.05, 3.63) is 35.9 Å². The molecule has 1 aromatic rings. The van der Waals surface area contributed by atoms with Gasteiger partial charge in [-0.15, -0.1) is 0 Å². The van der Waals surface area contributed by atoms with E-state index in [1.165, 1.54) is 31.2 Å². The van der Waals surface area contributed by atoms with Gasteiger partial charge in [0.25, 0.3) is 0 Å². The van der Waals surface area contributed by atoms with Gasteiger partial charge in [-0.3, -0.25) is 9.79 Å². The van der Waals surface area contributed by atoms with E-state index in [9.17, 15) is 4.79 Å². The molecular weight excluding hydrogens is 312 g/mol. The van der Waals surface area contributed by atoms with Gasteiger partial charge >= 0.3 is 0 Å². The molecule has 0 spiro atoms. The van der Waals surface area contributed by atoms with Crippen molar-refractivity contribution in [1.82, 2.24) is 16.0 Å². The zero-order chi connectivity index (χ0) is 18.1. The van der Waals surface area contributed by atoms with Gasteiger partial charge in [0, 0.05) is 38.0 Å². The van der Waals surface area contributed by atoms with E-state index < -0.39 is 0 Å². The summed E-state index contributed by atoms with van der Waals surface area (Å²) >= 11 is 0. The molecule has 2 rings (SSSR count). The van der Waals surface area contributed by atoms with E-state index in [-0.39, 0.29) is 17.2 Å². The van der Waals surface area contributed by atoms with Crippen LogP contribution in [0.5, 0.6) is 0 Å². The predicted octanol–water partition coefficient (Wildman–Crippen LogP) is 2.44. The average molecular weight is 345 g/mol. The Bertz CT molecular complexity index is 562. The van der Waals surface area contributed by atoms with Crippen LogP contribution in [0.3, 0.4) is 0 Å². The molecule has 1 aliphatic rings. The predicted molar refractivity (Wildman–Crippen MR) is 104 cm³/mol. The smallest absolute Gasteiger partial charge is 0.222 e. The number of aliphatic imine (C=N–C) groups is 1. The minimum atomic E-state index is 0.0190. The minimum absolute atomic E-state index is 0.0190. The molecule has 25 heavy (non-hydrogen) atoms. The number of rotatable bonds is 7. The van der Waals surface area contributed by atoms with Crippen molar-refractivity contribution in [2.75, 3.05) is 26.7 Å². The number of hydrogen-bond acceptors (Lipinski definition) is 2. The average Bonchev–Trinajstić information content (AvgIpc) is 3.11. The molecule has 0 heterocycles. The van der Waals surface area contributed by atoms with E-state index in [1.807, 2.05) is 13.8 Å². The lowest BCUT2D eigenvalue weighted by Crippen LogP contribution is -2.46. The number of benzene rings is 1. The normalized spacial score (nSPS) is 16.7. The number of amides is 1. The Hall–Kier alpha value is -2.04. The molecule has 1 saturated carbocycles. The topological polar surface area (TPSA) is 65.5 Å².